The number of fused-ring (bicyclic) bond motifs is 1. The van der Waals surface area contributed by atoms with Gasteiger partial charge in [-0.3, -0.25) is 9.59 Å². The van der Waals surface area contributed by atoms with Crippen molar-refractivity contribution in [2.45, 2.75) is 63.1 Å². The highest BCUT2D eigenvalue weighted by atomic mass is 32.2. The van der Waals surface area contributed by atoms with Crippen LogP contribution in [0.2, 0.25) is 0 Å². The molecule has 0 bridgehead atoms. The molecule has 40 heavy (non-hydrogen) atoms. The fourth-order valence-electron chi connectivity index (χ4n) is 4.49. The second-order valence-electron chi connectivity index (χ2n) is 10.5. The van der Waals surface area contributed by atoms with Crippen molar-refractivity contribution in [1.29, 1.82) is 0 Å². The zero-order chi connectivity index (χ0) is 29.7. The number of carbonyl (C=O) groups is 3. The molecule has 0 unspecified atom stereocenters. The average Bonchev–Trinajstić information content (AvgIpc) is 2.86. The number of amides is 3. The number of benzene rings is 3. The number of sulfonamides is 1. The standard InChI is InChI=1S/C29H36N4O6S/c1-19-14-15-25(22-13-9-8-12-21(19)22)40(37,38)33(24(27(31)35)18-20-10-6-5-7-11-20)23(26(30)34)16-17-32-28(36)39-29(2,3)4/h5-15,23-24H,16-18H2,1-4H3,(H2,30,34)(H2,31,35)(H,32,36)/t23-,24-/m0/s1. The highest BCUT2D eigenvalue weighted by Gasteiger charge is 2.43. The molecule has 0 spiro atoms. The van der Waals surface area contributed by atoms with E-state index in [4.69, 9.17) is 16.2 Å². The summed E-state index contributed by atoms with van der Waals surface area (Å²) in [6.07, 6.45) is -1.07. The topological polar surface area (TPSA) is 162 Å². The van der Waals surface area contributed by atoms with Crippen molar-refractivity contribution in [3.63, 3.8) is 0 Å². The Morgan fingerprint density at radius 3 is 2.02 bits per heavy atom. The van der Waals surface area contributed by atoms with Gasteiger partial charge in [0, 0.05) is 11.9 Å². The largest absolute Gasteiger partial charge is 0.444 e. The van der Waals surface area contributed by atoms with E-state index < -0.39 is 45.6 Å². The molecule has 3 aromatic carbocycles. The van der Waals surface area contributed by atoms with Gasteiger partial charge in [-0.2, -0.15) is 4.31 Å². The van der Waals surface area contributed by atoms with E-state index in [1.165, 1.54) is 6.07 Å². The van der Waals surface area contributed by atoms with E-state index in [2.05, 4.69) is 5.32 Å². The van der Waals surface area contributed by atoms with Gasteiger partial charge in [0.15, 0.2) is 0 Å². The number of primary amides is 2. The minimum atomic E-state index is -4.54. The average molecular weight is 569 g/mol. The summed E-state index contributed by atoms with van der Waals surface area (Å²) in [5.41, 5.74) is 12.3. The van der Waals surface area contributed by atoms with Gasteiger partial charge in [0.1, 0.15) is 17.7 Å². The SMILES string of the molecule is Cc1ccc(S(=O)(=O)N([C@@H](CCNC(=O)OC(C)(C)C)C(N)=O)[C@@H](Cc2ccccc2)C(N)=O)c2ccccc12. The van der Waals surface area contributed by atoms with E-state index in [0.29, 0.717) is 16.3 Å². The first-order valence-corrected chi connectivity index (χ1v) is 14.3. The zero-order valence-corrected chi connectivity index (χ0v) is 23.9. The second kappa shape index (κ2) is 12.5. The number of alkyl carbamates (subject to hydrolysis) is 1. The number of hydrogen-bond acceptors (Lipinski definition) is 6. The van der Waals surface area contributed by atoms with Gasteiger partial charge in [-0.25, -0.2) is 13.2 Å². The Kier molecular flexibility index (Phi) is 9.54. The molecule has 3 rings (SSSR count). The van der Waals surface area contributed by atoms with Crippen molar-refractivity contribution in [3.8, 4) is 0 Å². The monoisotopic (exact) mass is 568 g/mol. The molecule has 3 amide bonds. The summed E-state index contributed by atoms with van der Waals surface area (Å²) in [7, 11) is -4.54. The van der Waals surface area contributed by atoms with Crippen LogP contribution in [0.25, 0.3) is 10.8 Å². The highest BCUT2D eigenvalue weighted by Crippen LogP contribution is 2.31. The molecule has 0 saturated heterocycles. The summed E-state index contributed by atoms with van der Waals surface area (Å²) in [4.78, 5) is 37.8. The number of ether oxygens (including phenoxy) is 1. The molecular formula is C29H36N4O6S. The van der Waals surface area contributed by atoms with Crippen molar-refractivity contribution in [3.05, 3.63) is 77.9 Å². The van der Waals surface area contributed by atoms with Gasteiger partial charge in [0.05, 0.1) is 4.90 Å². The minimum Gasteiger partial charge on any atom is -0.444 e. The van der Waals surface area contributed by atoms with Gasteiger partial charge in [-0.05, 0) is 63.1 Å². The van der Waals surface area contributed by atoms with Crippen molar-refractivity contribution in [2.75, 3.05) is 6.54 Å². The lowest BCUT2D eigenvalue weighted by atomic mass is 10.0. The first-order chi connectivity index (χ1) is 18.7. The van der Waals surface area contributed by atoms with E-state index in [0.717, 1.165) is 9.87 Å². The maximum Gasteiger partial charge on any atom is 0.407 e. The van der Waals surface area contributed by atoms with Crippen LogP contribution < -0.4 is 16.8 Å². The molecule has 0 aromatic heterocycles. The van der Waals surface area contributed by atoms with Gasteiger partial charge in [-0.1, -0.05) is 60.7 Å². The quantitative estimate of drug-likeness (QED) is 0.322. The van der Waals surface area contributed by atoms with E-state index in [9.17, 15) is 22.8 Å². The molecule has 0 heterocycles. The molecule has 0 saturated carbocycles. The number of aryl methyl sites for hydroxylation is 1. The van der Waals surface area contributed by atoms with Crippen LogP contribution in [0, 0.1) is 6.92 Å². The highest BCUT2D eigenvalue weighted by molar-refractivity contribution is 7.89. The Morgan fingerprint density at radius 1 is 0.875 bits per heavy atom. The van der Waals surface area contributed by atoms with Crippen LogP contribution in [0.1, 0.15) is 38.3 Å². The first-order valence-electron chi connectivity index (χ1n) is 12.8. The van der Waals surface area contributed by atoms with Crippen molar-refractivity contribution >= 4 is 38.7 Å². The van der Waals surface area contributed by atoms with Crippen LogP contribution in [-0.2, 0) is 30.8 Å². The fourth-order valence-corrected chi connectivity index (χ4v) is 6.47. The lowest BCUT2D eigenvalue weighted by Gasteiger charge is -2.34. The maximum absolute atomic E-state index is 14.4. The van der Waals surface area contributed by atoms with E-state index in [-0.39, 0.29) is 24.3 Å². The molecular weight excluding hydrogens is 532 g/mol. The van der Waals surface area contributed by atoms with Gasteiger partial charge < -0.3 is 21.5 Å². The van der Waals surface area contributed by atoms with Gasteiger partial charge in [0.2, 0.25) is 21.8 Å². The van der Waals surface area contributed by atoms with Crippen molar-refractivity contribution < 1.29 is 27.5 Å². The Hall–Kier alpha value is -3.96. The summed E-state index contributed by atoms with van der Waals surface area (Å²) in [6.45, 7) is 6.78. The summed E-state index contributed by atoms with van der Waals surface area (Å²) >= 11 is 0. The van der Waals surface area contributed by atoms with Crippen LogP contribution in [0.3, 0.4) is 0 Å². The predicted molar refractivity (Wildman–Crippen MR) is 153 cm³/mol. The van der Waals surface area contributed by atoms with Crippen LogP contribution in [0.5, 0.6) is 0 Å². The number of nitrogens with one attached hydrogen (secondary N) is 1. The van der Waals surface area contributed by atoms with Crippen molar-refractivity contribution in [1.82, 2.24) is 9.62 Å². The molecule has 5 N–H and O–H groups in total. The summed E-state index contributed by atoms with van der Waals surface area (Å²) in [6, 6.07) is 15.8. The lowest BCUT2D eigenvalue weighted by Crippen LogP contribution is -2.58. The number of carbonyl (C=O) groups excluding carboxylic acids is 3. The molecule has 0 aliphatic rings. The second-order valence-corrected chi connectivity index (χ2v) is 12.3. The molecule has 3 aromatic rings. The molecule has 214 valence electrons. The van der Waals surface area contributed by atoms with Gasteiger partial charge in [-0.15, -0.1) is 0 Å². The number of hydrogen-bond donors (Lipinski definition) is 3. The summed E-state index contributed by atoms with van der Waals surface area (Å²) in [5.74, 6) is -1.94. The lowest BCUT2D eigenvalue weighted by molar-refractivity contribution is -0.126. The molecule has 2 atom stereocenters. The van der Waals surface area contributed by atoms with E-state index >= 15 is 0 Å². The Labute approximate surface area is 234 Å². The normalized spacial score (nSPS) is 13.5. The Bertz CT molecular complexity index is 1490. The molecule has 0 aliphatic heterocycles. The van der Waals surface area contributed by atoms with Gasteiger partial charge in [0.25, 0.3) is 0 Å². The third-order valence-corrected chi connectivity index (χ3v) is 8.26. The number of rotatable bonds is 11. The van der Waals surface area contributed by atoms with Crippen molar-refractivity contribution in [2.24, 2.45) is 11.5 Å². The minimum absolute atomic E-state index is 0.0948. The maximum atomic E-state index is 14.4. The fraction of sp³-hybridized carbons (Fsp3) is 0.345. The smallest absolute Gasteiger partial charge is 0.407 e. The van der Waals surface area contributed by atoms with Crippen LogP contribution >= 0.6 is 0 Å². The first kappa shape index (κ1) is 30.6. The third kappa shape index (κ3) is 7.36. The third-order valence-electron chi connectivity index (χ3n) is 6.29. The van der Waals surface area contributed by atoms with Gasteiger partial charge >= 0.3 is 6.09 Å². The van der Waals surface area contributed by atoms with Crippen LogP contribution in [0.15, 0.2) is 71.6 Å². The molecule has 11 heteroatoms. The Morgan fingerprint density at radius 2 is 1.45 bits per heavy atom. The number of nitrogens with zero attached hydrogens (tertiary/aromatic N) is 1. The Balaban J connectivity index is 2.12. The predicted octanol–water partition coefficient (Wildman–Crippen LogP) is 3.00. The van der Waals surface area contributed by atoms with Crippen LogP contribution in [0.4, 0.5) is 4.79 Å². The summed E-state index contributed by atoms with van der Waals surface area (Å²) < 4.78 is 34.9. The molecule has 0 fully saturated rings. The van der Waals surface area contributed by atoms with E-state index in [1.807, 2.05) is 6.92 Å². The van der Waals surface area contributed by atoms with Crippen LogP contribution in [-0.4, -0.2) is 54.9 Å². The molecule has 10 nitrogen and oxygen atoms in total. The summed E-state index contributed by atoms with van der Waals surface area (Å²) in [5, 5.41) is 3.64. The zero-order valence-electron chi connectivity index (χ0n) is 23.1. The number of nitrogens with two attached hydrogens (primary N) is 2. The molecule has 0 radical (unpaired) electrons. The van der Waals surface area contributed by atoms with E-state index in [1.54, 1.807) is 81.4 Å². The molecule has 0 aliphatic carbocycles.